The average molecular weight is 320 g/mol. The van der Waals surface area contributed by atoms with E-state index in [0.717, 1.165) is 31.4 Å². The first-order valence-electron chi connectivity index (χ1n) is 8.17. The minimum absolute atomic E-state index is 0.0707. The molecule has 1 saturated carbocycles. The van der Waals surface area contributed by atoms with Crippen molar-refractivity contribution >= 4 is 6.03 Å². The minimum Gasteiger partial charge on any atom is -0.504 e. The molecule has 1 aromatic rings. The van der Waals surface area contributed by atoms with E-state index in [1.165, 1.54) is 20.0 Å². The maximum Gasteiger partial charge on any atom is 0.315 e. The third kappa shape index (κ3) is 3.37. The number of aromatic hydroxyl groups is 1. The van der Waals surface area contributed by atoms with Gasteiger partial charge in [-0.05, 0) is 37.0 Å². The van der Waals surface area contributed by atoms with E-state index in [9.17, 15) is 9.90 Å². The van der Waals surface area contributed by atoms with E-state index in [1.807, 2.05) is 6.07 Å². The predicted molar refractivity (Wildman–Crippen MR) is 85.6 cm³/mol. The SMILES string of the molecule is COc1ccc(CNC(=O)NC2CCOC23CCCC3)cc1O. The van der Waals surface area contributed by atoms with Gasteiger partial charge in [-0.25, -0.2) is 4.79 Å². The molecule has 126 valence electrons. The van der Waals surface area contributed by atoms with Crippen LogP contribution in [0.1, 0.15) is 37.7 Å². The van der Waals surface area contributed by atoms with E-state index >= 15 is 0 Å². The summed E-state index contributed by atoms with van der Waals surface area (Å²) in [5, 5.41) is 15.7. The lowest BCUT2D eigenvalue weighted by molar-refractivity contribution is -0.00260. The Bertz CT molecular complexity index is 564. The van der Waals surface area contributed by atoms with Crippen LogP contribution < -0.4 is 15.4 Å². The Morgan fingerprint density at radius 3 is 2.91 bits per heavy atom. The second kappa shape index (κ2) is 6.66. The normalized spacial score (nSPS) is 22.2. The quantitative estimate of drug-likeness (QED) is 0.795. The highest BCUT2D eigenvalue weighted by Gasteiger charge is 2.46. The molecule has 1 aliphatic carbocycles. The number of amides is 2. The second-order valence-corrected chi connectivity index (χ2v) is 6.29. The summed E-state index contributed by atoms with van der Waals surface area (Å²) >= 11 is 0. The summed E-state index contributed by atoms with van der Waals surface area (Å²) in [7, 11) is 1.50. The number of methoxy groups -OCH3 is 1. The van der Waals surface area contributed by atoms with Crippen molar-refractivity contribution in [1.29, 1.82) is 0 Å². The minimum atomic E-state index is -0.193. The number of phenols is 1. The van der Waals surface area contributed by atoms with Crippen molar-refractivity contribution in [1.82, 2.24) is 10.6 Å². The molecule has 2 amide bonds. The number of hydrogen-bond acceptors (Lipinski definition) is 4. The van der Waals surface area contributed by atoms with E-state index in [2.05, 4.69) is 10.6 Å². The molecule has 23 heavy (non-hydrogen) atoms. The highest BCUT2D eigenvalue weighted by atomic mass is 16.5. The third-order valence-corrected chi connectivity index (χ3v) is 4.88. The molecule has 1 aromatic carbocycles. The van der Waals surface area contributed by atoms with Crippen LogP contribution in [-0.2, 0) is 11.3 Å². The van der Waals surface area contributed by atoms with Crippen LogP contribution in [0.15, 0.2) is 18.2 Å². The molecule has 2 fully saturated rings. The Hall–Kier alpha value is -1.95. The summed E-state index contributed by atoms with van der Waals surface area (Å²) in [6.45, 7) is 1.07. The number of hydrogen-bond donors (Lipinski definition) is 3. The number of nitrogens with one attached hydrogen (secondary N) is 2. The summed E-state index contributed by atoms with van der Waals surface area (Å²) < 4.78 is 10.9. The van der Waals surface area contributed by atoms with Crippen molar-refractivity contribution < 1.29 is 19.4 Å². The Morgan fingerprint density at radius 1 is 1.43 bits per heavy atom. The van der Waals surface area contributed by atoms with Gasteiger partial charge < -0.3 is 25.2 Å². The van der Waals surface area contributed by atoms with Gasteiger partial charge in [-0.2, -0.15) is 0 Å². The molecule has 1 heterocycles. The first-order valence-corrected chi connectivity index (χ1v) is 8.17. The zero-order valence-electron chi connectivity index (χ0n) is 13.4. The number of carbonyl (C=O) groups is 1. The topological polar surface area (TPSA) is 79.8 Å². The van der Waals surface area contributed by atoms with Crippen LogP contribution in [-0.4, -0.2) is 36.5 Å². The van der Waals surface area contributed by atoms with Gasteiger partial charge in [-0.1, -0.05) is 18.9 Å². The van der Waals surface area contributed by atoms with Crippen LogP contribution in [0.4, 0.5) is 4.79 Å². The van der Waals surface area contributed by atoms with Crippen molar-refractivity contribution in [3.8, 4) is 11.5 Å². The zero-order valence-corrected chi connectivity index (χ0v) is 13.4. The molecule has 6 nitrogen and oxygen atoms in total. The molecule has 6 heteroatoms. The molecular weight excluding hydrogens is 296 g/mol. The molecule has 1 unspecified atom stereocenters. The molecule has 1 spiro atoms. The summed E-state index contributed by atoms with van der Waals surface area (Å²) in [5.41, 5.74) is 0.673. The molecular formula is C17H24N2O4. The molecule has 1 saturated heterocycles. The highest BCUT2D eigenvalue weighted by Crippen LogP contribution is 2.41. The van der Waals surface area contributed by atoms with Crippen LogP contribution >= 0.6 is 0 Å². The van der Waals surface area contributed by atoms with Crippen molar-refractivity contribution in [2.45, 2.75) is 50.3 Å². The van der Waals surface area contributed by atoms with E-state index in [0.29, 0.717) is 12.3 Å². The number of urea groups is 1. The van der Waals surface area contributed by atoms with Crippen LogP contribution in [0.25, 0.3) is 0 Å². The number of ether oxygens (including phenoxy) is 2. The van der Waals surface area contributed by atoms with Crippen LogP contribution in [0.5, 0.6) is 11.5 Å². The first-order chi connectivity index (χ1) is 11.1. The fourth-order valence-electron chi connectivity index (χ4n) is 3.65. The van der Waals surface area contributed by atoms with Gasteiger partial charge in [0.2, 0.25) is 0 Å². The molecule has 1 atom stereocenters. The largest absolute Gasteiger partial charge is 0.504 e. The van der Waals surface area contributed by atoms with Crippen molar-refractivity contribution in [3.05, 3.63) is 23.8 Å². The number of carbonyl (C=O) groups excluding carboxylic acids is 1. The molecule has 0 bridgehead atoms. The van der Waals surface area contributed by atoms with Crippen molar-refractivity contribution in [2.24, 2.45) is 0 Å². The van der Waals surface area contributed by atoms with E-state index < -0.39 is 0 Å². The lowest BCUT2D eigenvalue weighted by atomic mass is 9.93. The van der Waals surface area contributed by atoms with Crippen LogP contribution in [0.2, 0.25) is 0 Å². The van der Waals surface area contributed by atoms with Gasteiger partial charge >= 0.3 is 6.03 Å². The first kappa shape index (κ1) is 15.9. The highest BCUT2D eigenvalue weighted by molar-refractivity contribution is 5.74. The van der Waals surface area contributed by atoms with Gasteiger partial charge in [-0.3, -0.25) is 0 Å². The fraction of sp³-hybridized carbons (Fsp3) is 0.588. The summed E-state index contributed by atoms with van der Waals surface area (Å²) in [6, 6.07) is 4.99. The van der Waals surface area contributed by atoms with E-state index in [-0.39, 0.29) is 23.4 Å². The summed E-state index contributed by atoms with van der Waals surface area (Å²) in [4.78, 5) is 12.2. The Kier molecular flexibility index (Phi) is 4.61. The molecule has 0 radical (unpaired) electrons. The Balaban J connectivity index is 1.52. The van der Waals surface area contributed by atoms with Crippen LogP contribution in [0.3, 0.4) is 0 Å². The molecule has 2 aliphatic rings. The van der Waals surface area contributed by atoms with E-state index in [4.69, 9.17) is 9.47 Å². The third-order valence-electron chi connectivity index (χ3n) is 4.88. The smallest absolute Gasteiger partial charge is 0.315 e. The second-order valence-electron chi connectivity index (χ2n) is 6.29. The lowest BCUT2D eigenvalue weighted by Gasteiger charge is -2.30. The standard InChI is InChI=1S/C17H24N2O4/c1-22-14-5-4-12(10-13(14)20)11-18-16(21)19-15-6-9-23-17(15)7-2-3-8-17/h4-5,10,15,20H,2-3,6-9,11H2,1H3,(H2,18,19,21). The van der Waals surface area contributed by atoms with Gasteiger partial charge in [-0.15, -0.1) is 0 Å². The molecule has 0 aromatic heterocycles. The maximum atomic E-state index is 12.2. The monoisotopic (exact) mass is 320 g/mol. The predicted octanol–water partition coefficient (Wildman–Crippen LogP) is 2.30. The average Bonchev–Trinajstić information content (AvgIpc) is 3.17. The Labute approximate surface area is 136 Å². The lowest BCUT2D eigenvalue weighted by Crippen LogP contribution is -2.51. The zero-order chi connectivity index (χ0) is 16.3. The number of benzene rings is 1. The van der Waals surface area contributed by atoms with Gasteiger partial charge in [0, 0.05) is 13.2 Å². The summed E-state index contributed by atoms with van der Waals surface area (Å²) in [5.74, 6) is 0.491. The van der Waals surface area contributed by atoms with Gasteiger partial charge in [0.05, 0.1) is 18.8 Å². The van der Waals surface area contributed by atoms with Gasteiger partial charge in [0.1, 0.15) is 0 Å². The van der Waals surface area contributed by atoms with Gasteiger partial charge in [0.25, 0.3) is 0 Å². The van der Waals surface area contributed by atoms with E-state index in [1.54, 1.807) is 12.1 Å². The van der Waals surface area contributed by atoms with Crippen molar-refractivity contribution in [3.63, 3.8) is 0 Å². The number of rotatable bonds is 4. The van der Waals surface area contributed by atoms with Crippen LogP contribution in [0, 0.1) is 0 Å². The fourth-order valence-corrected chi connectivity index (χ4v) is 3.65. The van der Waals surface area contributed by atoms with Gasteiger partial charge in [0.15, 0.2) is 11.5 Å². The number of phenolic OH excluding ortho intramolecular Hbond substituents is 1. The maximum absolute atomic E-state index is 12.2. The Morgan fingerprint density at radius 2 is 2.22 bits per heavy atom. The summed E-state index contributed by atoms with van der Waals surface area (Å²) in [6.07, 6.45) is 5.28. The molecule has 3 rings (SSSR count). The van der Waals surface area contributed by atoms with Crippen molar-refractivity contribution in [2.75, 3.05) is 13.7 Å². The molecule has 3 N–H and O–H groups in total. The molecule has 1 aliphatic heterocycles.